The Morgan fingerprint density at radius 3 is 2.54 bits per heavy atom. The maximum atomic E-state index is 12.6. The smallest absolute Gasteiger partial charge is 0.279 e. The monoisotopic (exact) mass is 453 g/mol. The first-order valence-electron chi connectivity index (χ1n) is 7.57. The van der Waals surface area contributed by atoms with Crippen molar-refractivity contribution in [3.63, 3.8) is 0 Å². The summed E-state index contributed by atoms with van der Waals surface area (Å²) in [6.45, 7) is 0. The number of aryl methyl sites for hydroxylation is 1. The average Bonchev–Trinajstić information content (AvgIpc) is 2.91. The van der Waals surface area contributed by atoms with Crippen LogP contribution in [0.25, 0.3) is 10.2 Å². The minimum absolute atomic E-state index is 0.0317. The Balaban J connectivity index is 2.10. The lowest BCUT2D eigenvalue weighted by Crippen LogP contribution is -2.23. The van der Waals surface area contributed by atoms with Crippen LogP contribution in [0, 0.1) is 0 Å². The predicted molar refractivity (Wildman–Crippen MR) is 106 cm³/mol. The Morgan fingerprint density at radius 2 is 1.88 bits per heavy atom. The van der Waals surface area contributed by atoms with E-state index in [9.17, 15) is 13.2 Å². The molecule has 0 N–H and O–H groups in total. The van der Waals surface area contributed by atoms with Crippen LogP contribution >= 0.6 is 27.3 Å². The van der Waals surface area contributed by atoms with Gasteiger partial charge in [-0.3, -0.25) is 4.79 Å². The molecule has 2 aromatic carbocycles. The summed E-state index contributed by atoms with van der Waals surface area (Å²) in [5.41, 5.74) is 1.20. The van der Waals surface area contributed by atoms with Gasteiger partial charge >= 0.3 is 0 Å². The van der Waals surface area contributed by atoms with Crippen LogP contribution in [0.4, 0.5) is 0 Å². The molecule has 0 fully saturated rings. The third-order valence-corrected chi connectivity index (χ3v) is 7.77. The van der Waals surface area contributed by atoms with Gasteiger partial charge in [0, 0.05) is 31.2 Å². The number of para-hydroxylation sites is 1. The van der Waals surface area contributed by atoms with Crippen LogP contribution in [-0.2, 0) is 17.1 Å². The zero-order valence-electron chi connectivity index (χ0n) is 14.3. The molecule has 6 nitrogen and oxygen atoms in total. The molecule has 0 saturated heterocycles. The van der Waals surface area contributed by atoms with Crippen molar-refractivity contribution in [1.29, 1.82) is 0 Å². The third-order valence-electron chi connectivity index (χ3n) is 3.85. The molecule has 0 aliphatic heterocycles. The van der Waals surface area contributed by atoms with E-state index in [2.05, 4.69) is 20.9 Å². The lowest BCUT2D eigenvalue weighted by atomic mass is 10.2. The summed E-state index contributed by atoms with van der Waals surface area (Å²) in [5, 5.41) is 0. The highest BCUT2D eigenvalue weighted by Gasteiger charge is 2.22. The van der Waals surface area contributed by atoms with Gasteiger partial charge < -0.3 is 4.57 Å². The minimum atomic E-state index is -3.68. The van der Waals surface area contributed by atoms with Crippen molar-refractivity contribution < 1.29 is 13.2 Å². The van der Waals surface area contributed by atoms with Crippen molar-refractivity contribution in [3.05, 3.63) is 57.3 Å². The minimum Gasteiger partial charge on any atom is -0.319 e. The van der Waals surface area contributed by atoms with E-state index in [1.54, 1.807) is 12.1 Å². The first kappa shape index (κ1) is 19.0. The number of carbonyl (C=O) groups is 1. The topological polar surface area (TPSA) is 71.7 Å². The predicted octanol–water partition coefficient (Wildman–Crippen LogP) is 2.99. The van der Waals surface area contributed by atoms with Gasteiger partial charge in [-0.1, -0.05) is 23.5 Å². The number of nitrogens with zero attached hydrogens (tertiary/aromatic N) is 3. The van der Waals surface area contributed by atoms with Gasteiger partial charge in [0.1, 0.15) is 0 Å². The SMILES string of the molecule is CN(C)S(=O)(=O)c1cc(C(=O)N=c2sc3ccccc3n2C)ccc1Br. The maximum absolute atomic E-state index is 12.6. The first-order chi connectivity index (χ1) is 12.2. The van der Waals surface area contributed by atoms with Gasteiger partial charge in [0.2, 0.25) is 10.0 Å². The molecule has 0 radical (unpaired) electrons. The maximum Gasteiger partial charge on any atom is 0.279 e. The Bertz CT molecular complexity index is 1180. The molecule has 26 heavy (non-hydrogen) atoms. The molecule has 0 saturated carbocycles. The number of aromatic nitrogens is 1. The summed E-state index contributed by atoms with van der Waals surface area (Å²) in [7, 11) is 1.05. The molecular weight excluding hydrogens is 438 g/mol. The molecule has 0 spiro atoms. The highest BCUT2D eigenvalue weighted by Crippen LogP contribution is 2.25. The Morgan fingerprint density at radius 1 is 1.19 bits per heavy atom. The number of halogens is 1. The van der Waals surface area contributed by atoms with E-state index in [4.69, 9.17) is 0 Å². The molecule has 0 aliphatic rings. The highest BCUT2D eigenvalue weighted by atomic mass is 79.9. The summed E-state index contributed by atoms with van der Waals surface area (Å²) in [6.07, 6.45) is 0. The van der Waals surface area contributed by atoms with Gasteiger partial charge in [0.25, 0.3) is 5.91 Å². The van der Waals surface area contributed by atoms with Crippen molar-refractivity contribution in [2.75, 3.05) is 14.1 Å². The van der Waals surface area contributed by atoms with E-state index in [0.717, 1.165) is 14.5 Å². The Labute approximate surface area is 163 Å². The van der Waals surface area contributed by atoms with Gasteiger partial charge in [0.15, 0.2) is 4.80 Å². The summed E-state index contributed by atoms with van der Waals surface area (Å²) in [5.74, 6) is -0.491. The molecule has 1 aromatic heterocycles. The highest BCUT2D eigenvalue weighted by molar-refractivity contribution is 9.10. The number of rotatable bonds is 3. The number of hydrogen-bond acceptors (Lipinski definition) is 4. The summed E-state index contributed by atoms with van der Waals surface area (Å²) in [4.78, 5) is 17.4. The second kappa shape index (κ2) is 7.07. The van der Waals surface area contributed by atoms with E-state index in [1.807, 2.05) is 35.9 Å². The summed E-state index contributed by atoms with van der Waals surface area (Å²) < 4.78 is 29.2. The number of sulfonamides is 1. The molecule has 0 atom stereocenters. The molecule has 0 bridgehead atoms. The van der Waals surface area contributed by atoms with Crippen LogP contribution < -0.4 is 4.80 Å². The van der Waals surface area contributed by atoms with Crippen LogP contribution in [0.2, 0.25) is 0 Å². The third kappa shape index (κ3) is 3.39. The zero-order valence-corrected chi connectivity index (χ0v) is 17.5. The molecule has 1 amide bonds. The van der Waals surface area contributed by atoms with E-state index in [1.165, 1.54) is 31.5 Å². The van der Waals surface area contributed by atoms with Gasteiger partial charge in [-0.25, -0.2) is 12.7 Å². The van der Waals surface area contributed by atoms with Gasteiger partial charge in [-0.2, -0.15) is 4.99 Å². The molecule has 3 aromatic rings. The molecule has 3 rings (SSSR count). The molecular formula is C17H16BrN3O3S2. The number of amides is 1. The second-order valence-electron chi connectivity index (χ2n) is 5.76. The second-order valence-corrected chi connectivity index (χ2v) is 9.74. The Hall–Kier alpha value is -1.81. The number of fused-ring (bicyclic) bond motifs is 1. The number of hydrogen-bond donors (Lipinski definition) is 0. The normalized spacial score (nSPS) is 12.9. The summed E-state index contributed by atoms with van der Waals surface area (Å²) in [6, 6.07) is 12.2. The molecule has 1 heterocycles. The van der Waals surface area contributed by atoms with Crippen molar-refractivity contribution in [2.45, 2.75) is 4.90 Å². The molecule has 136 valence electrons. The van der Waals surface area contributed by atoms with Gasteiger partial charge in [0.05, 0.1) is 15.1 Å². The summed E-state index contributed by atoms with van der Waals surface area (Å²) >= 11 is 4.64. The Kier molecular flexibility index (Phi) is 5.16. The quantitative estimate of drug-likeness (QED) is 0.611. The number of benzene rings is 2. The van der Waals surface area contributed by atoms with Crippen LogP contribution in [0.3, 0.4) is 0 Å². The lowest BCUT2D eigenvalue weighted by Gasteiger charge is -2.13. The molecule has 9 heteroatoms. The van der Waals surface area contributed by atoms with Crippen molar-refractivity contribution in [3.8, 4) is 0 Å². The van der Waals surface area contributed by atoms with Crippen LogP contribution in [-0.4, -0.2) is 37.3 Å². The molecule has 0 unspecified atom stereocenters. The van der Waals surface area contributed by atoms with Crippen molar-refractivity contribution >= 4 is 53.4 Å². The van der Waals surface area contributed by atoms with Crippen LogP contribution in [0.5, 0.6) is 0 Å². The van der Waals surface area contributed by atoms with Crippen LogP contribution in [0.15, 0.2) is 56.8 Å². The van der Waals surface area contributed by atoms with E-state index in [0.29, 0.717) is 9.27 Å². The molecule has 0 aliphatic carbocycles. The fourth-order valence-electron chi connectivity index (χ4n) is 2.37. The van der Waals surface area contributed by atoms with E-state index < -0.39 is 15.9 Å². The van der Waals surface area contributed by atoms with Crippen LogP contribution in [0.1, 0.15) is 10.4 Å². The van der Waals surface area contributed by atoms with E-state index >= 15 is 0 Å². The number of carbonyl (C=O) groups excluding carboxylic acids is 1. The largest absolute Gasteiger partial charge is 0.319 e. The van der Waals surface area contributed by atoms with Crippen molar-refractivity contribution in [1.82, 2.24) is 8.87 Å². The first-order valence-corrected chi connectivity index (χ1v) is 10.6. The van der Waals surface area contributed by atoms with Crippen molar-refractivity contribution in [2.24, 2.45) is 12.0 Å². The number of thiazole rings is 1. The fraction of sp³-hybridized carbons (Fsp3) is 0.176. The lowest BCUT2D eigenvalue weighted by molar-refractivity contribution is 0.0997. The van der Waals surface area contributed by atoms with Gasteiger partial charge in [-0.15, -0.1) is 0 Å². The van der Waals surface area contributed by atoms with Gasteiger partial charge in [-0.05, 0) is 46.3 Å². The van der Waals surface area contributed by atoms with E-state index in [-0.39, 0.29) is 10.5 Å². The average molecular weight is 454 g/mol. The fourth-order valence-corrected chi connectivity index (χ4v) is 5.23. The zero-order chi connectivity index (χ0) is 19.1. The standard InChI is InChI=1S/C17H16BrN3O3S2/c1-20(2)26(23,24)15-10-11(8-9-12(15)18)16(22)19-17-21(3)13-6-4-5-7-14(13)25-17/h4-10H,1-3H3.